The largest absolute Gasteiger partial charge is 0.376 e. The van der Waals surface area contributed by atoms with Gasteiger partial charge in [0, 0.05) is 19.6 Å². The molecule has 0 spiro atoms. The quantitative estimate of drug-likeness (QED) is 0.618. The van der Waals surface area contributed by atoms with Crippen molar-refractivity contribution in [2.75, 3.05) is 46.1 Å². The van der Waals surface area contributed by atoms with E-state index in [0.29, 0.717) is 33.0 Å². The van der Waals surface area contributed by atoms with E-state index < -0.39 is 6.10 Å². The predicted octanol–water partition coefficient (Wildman–Crippen LogP) is -1.49. The van der Waals surface area contributed by atoms with Crippen molar-refractivity contribution in [1.29, 1.82) is 0 Å². The fourth-order valence-electron chi connectivity index (χ4n) is 1.72. The average Bonchev–Trinajstić information content (AvgIpc) is 2.38. The molecule has 0 aromatic carbocycles. The Labute approximate surface area is 94.6 Å². The Morgan fingerprint density at radius 1 is 1.31 bits per heavy atom. The minimum atomic E-state index is -0.467. The third-order valence-corrected chi connectivity index (χ3v) is 2.62. The molecule has 0 aromatic rings. The van der Waals surface area contributed by atoms with Crippen LogP contribution in [0, 0.1) is 0 Å². The number of hydrogen-bond donors (Lipinski definition) is 2. The lowest BCUT2D eigenvalue weighted by Crippen LogP contribution is -2.49. The van der Waals surface area contributed by atoms with Gasteiger partial charge in [0.2, 0.25) is 0 Å². The van der Waals surface area contributed by atoms with Gasteiger partial charge < -0.3 is 24.8 Å². The van der Waals surface area contributed by atoms with Crippen LogP contribution >= 0.6 is 0 Å². The molecular formula is C10H18N2O4. The zero-order chi connectivity index (χ0) is 11.2. The fourth-order valence-corrected chi connectivity index (χ4v) is 1.72. The Hall–Kier alpha value is -0.690. The van der Waals surface area contributed by atoms with Gasteiger partial charge in [0.1, 0.15) is 0 Å². The smallest absolute Gasteiger partial charge is 0.251 e. The van der Waals surface area contributed by atoms with Crippen molar-refractivity contribution in [2.24, 2.45) is 0 Å². The van der Waals surface area contributed by atoms with E-state index in [1.165, 1.54) is 0 Å². The molecule has 2 unspecified atom stereocenters. The van der Waals surface area contributed by atoms with Gasteiger partial charge in [-0.1, -0.05) is 0 Å². The first-order valence-electron chi connectivity index (χ1n) is 5.65. The zero-order valence-corrected chi connectivity index (χ0v) is 9.24. The molecule has 2 saturated heterocycles. The van der Waals surface area contributed by atoms with Crippen LogP contribution in [0.25, 0.3) is 0 Å². The Kier molecular flexibility index (Phi) is 4.53. The highest BCUT2D eigenvalue weighted by Crippen LogP contribution is 2.01. The maximum absolute atomic E-state index is 11.6. The first kappa shape index (κ1) is 11.8. The van der Waals surface area contributed by atoms with Gasteiger partial charge in [0.15, 0.2) is 6.10 Å². The van der Waals surface area contributed by atoms with Gasteiger partial charge in [-0.05, 0) is 0 Å². The van der Waals surface area contributed by atoms with E-state index in [9.17, 15) is 4.79 Å². The number of ether oxygens (including phenoxy) is 3. The fraction of sp³-hybridized carbons (Fsp3) is 0.900. The summed E-state index contributed by atoms with van der Waals surface area (Å²) < 4.78 is 15.9. The standard InChI is InChI=1S/C10H18N2O4/c13-10(9-7-14-3-4-16-9)12-6-8-5-11-1-2-15-8/h8-9,11H,1-7H2,(H,12,13). The van der Waals surface area contributed by atoms with Crippen molar-refractivity contribution in [1.82, 2.24) is 10.6 Å². The van der Waals surface area contributed by atoms with Crippen LogP contribution in [-0.4, -0.2) is 64.2 Å². The maximum Gasteiger partial charge on any atom is 0.251 e. The lowest BCUT2D eigenvalue weighted by Gasteiger charge is -2.26. The van der Waals surface area contributed by atoms with E-state index in [1.807, 2.05) is 0 Å². The molecule has 0 bridgehead atoms. The SMILES string of the molecule is O=C(NCC1CNCCO1)C1COCCO1. The van der Waals surface area contributed by atoms with Crippen LogP contribution < -0.4 is 10.6 Å². The second-order valence-corrected chi connectivity index (χ2v) is 3.88. The second-order valence-electron chi connectivity index (χ2n) is 3.88. The molecule has 6 nitrogen and oxygen atoms in total. The third kappa shape index (κ3) is 3.41. The van der Waals surface area contributed by atoms with Crippen LogP contribution in [0.3, 0.4) is 0 Å². The first-order chi connectivity index (χ1) is 7.86. The van der Waals surface area contributed by atoms with Gasteiger partial charge in [0.05, 0.1) is 32.5 Å². The van der Waals surface area contributed by atoms with E-state index in [4.69, 9.17) is 14.2 Å². The molecule has 2 N–H and O–H groups in total. The van der Waals surface area contributed by atoms with Gasteiger partial charge in [0.25, 0.3) is 5.91 Å². The Morgan fingerprint density at radius 2 is 2.25 bits per heavy atom. The number of morpholine rings is 1. The Bertz CT molecular complexity index is 225. The molecule has 16 heavy (non-hydrogen) atoms. The number of carbonyl (C=O) groups excluding carboxylic acids is 1. The second kappa shape index (κ2) is 6.15. The van der Waals surface area contributed by atoms with Crippen molar-refractivity contribution in [3.63, 3.8) is 0 Å². The van der Waals surface area contributed by atoms with Crippen molar-refractivity contribution in [3.05, 3.63) is 0 Å². The minimum absolute atomic E-state index is 0.0576. The Balaban J connectivity index is 1.65. The van der Waals surface area contributed by atoms with Gasteiger partial charge in [-0.2, -0.15) is 0 Å². The molecule has 2 atom stereocenters. The number of amides is 1. The summed E-state index contributed by atoms with van der Waals surface area (Å²) >= 11 is 0. The van der Waals surface area contributed by atoms with Crippen LogP contribution in [0.15, 0.2) is 0 Å². The van der Waals surface area contributed by atoms with Gasteiger partial charge in [-0.25, -0.2) is 0 Å². The summed E-state index contributed by atoms with van der Waals surface area (Å²) in [4.78, 5) is 11.6. The molecule has 6 heteroatoms. The predicted molar refractivity (Wildman–Crippen MR) is 56.2 cm³/mol. The van der Waals surface area contributed by atoms with Crippen molar-refractivity contribution in [2.45, 2.75) is 12.2 Å². The van der Waals surface area contributed by atoms with Crippen molar-refractivity contribution in [3.8, 4) is 0 Å². The van der Waals surface area contributed by atoms with Crippen LogP contribution in [-0.2, 0) is 19.0 Å². The van der Waals surface area contributed by atoms with E-state index in [2.05, 4.69) is 10.6 Å². The summed E-state index contributed by atoms with van der Waals surface area (Å²) in [5, 5.41) is 6.02. The molecule has 92 valence electrons. The summed E-state index contributed by atoms with van der Waals surface area (Å²) in [5.41, 5.74) is 0. The zero-order valence-electron chi connectivity index (χ0n) is 9.24. The highest BCUT2D eigenvalue weighted by Gasteiger charge is 2.23. The van der Waals surface area contributed by atoms with E-state index in [0.717, 1.165) is 13.1 Å². The third-order valence-electron chi connectivity index (χ3n) is 2.62. The maximum atomic E-state index is 11.6. The molecule has 0 aliphatic carbocycles. The van der Waals surface area contributed by atoms with Gasteiger partial charge in [-0.3, -0.25) is 4.79 Å². The van der Waals surface area contributed by atoms with E-state index >= 15 is 0 Å². The average molecular weight is 230 g/mol. The molecule has 0 aromatic heterocycles. The summed E-state index contributed by atoms with van der Waals surface area (Å²) in [7, 11) is 0. The van der Waals surface area contributed by atoms with Gasteiger partial charge in [-0.15, -0.1) is 0 Å². The monoisotopic (exact) mass is 230 g/mol. The van der Waals surface area contributed by atoms with Gasteiger partial charge >= 0.3 is 0 Å². The van der Waals surface area contributed by atoms with Crippen molar-refractivity contribution >= 4 is 5.91 Å². The minimum Gasteiger partial charge on any atom is -0.376 e. The Morgan fingerprint density at radius 3 is 2.94 bits per heavy atom. The van der Waals surface area contributed by atoms with E-state index in [1.54, 1.807) is 0 Å². The molecular weight excluding hydrogens is 212 g/mol. The molecule has 2 fully saturated rings. The normalized spacial score (nSPS) is 31.0. The summed E-state index contributed by atoms with van der Waals surface area (Å²) in [6.45, 7) is 4.27. The van der Waals surface area contributed by atoms with Crippen LogP contribution in [0.4, 0.5) is 0 Å². The molecule has 2 rings (SSSR count). The summed E-state index contributed by atoms with van der Waals surface area (Å²) in [6.07, 6.45) is -0.410. The molecule has 2 aliphatic heterocycles. The molecule has 2 aliphatic rings. The summed E-state index contributed by atoms with van der Waals surface area (Å²) in [5.74, 6) is -0.117. The van der Waals surface area contributed by atoms with Crippen LogP contribution in [0.5, 0.6) is 0 Å². The highest BCUT2D eigenvalue weighted by molar-refractivity contribution is 5.81. The molecule has 2 heterocycles. The van der Waals surface area contributed by atoms with Crippen molar-refractivity contribution < 1.29 is 19.0 Å². The lowest BCUT2D eigenvalue weighted by atomic mass is 10.2. The van der Waals surface area contributed by atoms with Crippen LogP contribution in [0.2, 0.25) is 0 Å². The van der Waals surface area contributed by atoms with Crippen LogP contribution in [0.1, 0.15) is 0 Å². The molecule has 0 radical (unpaired) electrons. The highest BCUT2D eigenvalue weighted by atomic mass is 16.6. The first-order valence-corrected chi connectivity index (χ1v) is 5.65. The van der Waals surface area contributed by atoms with E-state index in [-0.39, 0.29) is 12.0 Å². The lowest BCUT2D eigenvalue weighted by molar-refractivity contribution is -0.148. The molecule has 0 saturated carbocycles. The number of carbonyl (C=O) groups is 1. The number of nitrogens with one attached hydrogen (secondary N) is 2. The number of hydrogen-bond acceptors (Lipinski definition) is 5. The topological polar surface area (TPSA) is 68.8 Å². The number of rotatable bonds is 3. The molecule has 1 amide bonds. The summed E-state index contributed by atoms with van der Waals surface area (Å²) in [6, 6.07) is 0.